The van der Waals surface area contributed by atoms with Crippen molar-refractivity contribution in [1.82, 2.24) is 4.90 Å². The third kappa shape index (κ3) is 5.07. The van der Waals surface area contributed by atoms with E-state index in [1.54, 1.807) is 0 Å². The Bertz CT molecular complexity index is 605. The summed E-state index contributed by atoms with van der Waals surface area (Å²) in [6.07, 6.45) is 0.589. The van der Waals surface area contributed by atoms with E-state index in [1.165, 1.54) is 23.6 Å². The van der Waals surface area contributed by atoms with Crippen LogP contribution in [0.25, 0.3) is 0 Å². The van der Waals surface area contributed by atoms with Crippen LogP contribution in [0.3, 0.4) is 0 Å². The number of benzene rings is 1. The Hall–Kier alpha value is -1.34. The van der Waals surface area contributed by atoms with Crippen molar-refractivity contribution in [3.8, 4) is 0 Å². The average Bonchev–Trinajstić information content (AvgIpc) is 2.85. The minimum atomic E-state index is -0.999. The van der Waals surface area contributed by atoms with Gasteiger partial charge in [0.05, 0.1) is 0 Å². The van der Waals surface area contributed by atoms with Crippen molar-refractivity contribution in [2.45, 2.75) is 25.8 Å². The standard InChI is InChI=1S/C16H18BrNO4S/c1-10(19)23-9-12-7-15(20)18(8-12)14(16(21)22)6-11-2-4-13(17)5-3-11/h2-5,12,14H,6-9H2,1H3,(H,21,22)/t12?,14-/m0/s1. The van der Waals surface area contributed by atoms with Crippen molar-refractivity contribution in [2.24, 2.45) is 5.92 Å². The Balaban J connectivity index is 2.05. The largest absolute Gasteiger partial charge is 0.480 e. The molecule has 0 bridgehead atoms. The molecule has 1 unspecified atom stereocenters. The van der Waals surface area contributed by atoms with E-state index < -0.39 is 12.0 Å². The highest BCUT2D eigenvalue weighted by atomic mass is 79.9. The van der Waals surface area contributed by atoms with Gasteiger partial charge in [-0.25, -0.2) is 4.79 Å². The molecule has 23 heavy (non-hydrogen) atoms. The van der Waals surface area contributed by atoms with Crippen molar-refractivity contribution in [2.75, 3.05) is 12.3 Å². The number of carbonyl (C=O) groups is 3. The Morgan fingerprint density at radius 2 is 2.04 bits per heavy atom. The summed E-state index contributed by atoms with van der Waals surface area (Å²) in [5.41, 5.74) is 0.870. The Morgan fingerprint density at radius 3 is 2.61 bits per heavy atom. The maximum atomic E-state index is 12.2. The smallest absolute Gasteiger partial charge is 0.326 e. The maximum absolute atomic E-state index is 12.2. The Labute approximate surface area is 147 Å². The molecule has 2 atom stereocenters. The zero-order valence-corrected chi connectivity index (χ0v) is 15.1. The van der Waals surface area contributed by atoms with Gasteiger partial charge in [0.15, 0.2) is 5.12 Å². The number of thioether (sulfide) groups is 1. The maximum Gasteiger partial charge on any atom is 0.326 e. The minimum absolute atomic E-state index is 0.0144. The van der Waals surface area contributed by atoms with Crippen LogP contribution in [0, 0.1) is 5.92 Å². The number of carboxylic acids is 1. The predicted octanol–water partition coefficient (Wildman–Crippen LogP) is 2.57. The molecule has 1 aromatic rings. The molecule has 1 N–H and O–H groups in total. The van der Waals surface area contributed by atoms with Crippen LogP contribution in [-0.4, -0.2) is 45.3 Å². The van der Waals surface area contributed by atoms with Gasteiger partial charge in [0.1, 0.15) is 6.04 Å². The van der Waals surface area contributed by atoms with E-state index in [-0.39, 0.29) is 23.4 Å². The quantitative estimate of drug-likeness (QED) is 0.795. The van der Waals surface area contributed by atoms with Crippen molar-refractivity contribution < 1.29 is 19.5 Å². The average molecular weight is 400 g/mol. The number of nitrogens with zero attached hydrogens (tertiary/aromatic N) is 1. The summed E-state index contributed by atoms with van der Waals surface area (Å²) in [6.45, 7) is 1.89. The van der Waals surface area contributed by atoms with Gasteiger partial charge < -0.3 is 10.0 Å². The van der Waals surface area contributed by atoms with Crippen LogP contribution in [0.15, 0.2) is 28.7 Å². The lowest BCUT2D eigenvalue weighted by molar-refractivity contribution is -0.148. The van der Waals surface area contributed by atoms with E-state index >= 15 is 0 Å². The first-order chi connectivity index (χ1) is 10.9. The number of amides is 1. The van der Waals surface area contributed by atoms with Gasteiger partial charge in [-0.1, -0.05) is 39.8 Å². The molecule has 1 saturated heterocycles. The van der Waals surface area contributed by atoms with Crippen LogP contribution >= 0.6 is 27.7 Å². The normalized spacial score (nSPS) is 19.0. The molecular formula is C16H18BrNO4S. The van der Waals surface area contributed by atoms with Gasteiger partial charge in [0.25, 0.3) is 0 Å². The fourth-order valence-electron chi connectivity index (χ4n) is 2.63. The fraction of sp³-hybridized carbons (Fsp3) is 0.438. The molecule has 1 heterocycles. The lowest BCUT2D eigenvalue weighted by Gasteiger charge is -2.25. The first-order valence-corrected chi connectivity index (χ1v) is 9.04. The molecule has 7 heteroatoms. The van der Waals surface area contributed by atoms with Gasteiger partial charge in [-0.2, -0.15) is 0 Å². The molecule has 1 aliphatic rings. The molecule has 1 aliphatic heterocycles. The Kier molecular flexibility index (Phi) is 6.24. The zero-order valence-electron chi connectivity index (χ0n) is 12.7. The first kappa shape index (κ1) is 18.0. The molecule has 1 aromatic carbocycles. The second-order valence-corrected chi connectivity index (χ2v) is 7.72. The lowest BCUT2D eigenvalue weighted by Crippen LogP contribution is -2.43. The minimum Gasteiger partial charge on any atom is -0.480 e. The molecule has 124 valence electrons. The van der Waals surface area contributed by atoms with Crippen LogP contribution in [0.4, 0.5) is 0 Å². The summed E-state index contributed by atoms with van der Waals surface area (Å²) < 4.78 is 0.923. The van der Waals surface area contributed by atoms with E-state index in [1.807, 2.05) is 24.3 Å². The van der Waals surface area contributed by atoms with Crippen molar-refractivity contribution in [3.63, 3.8) is 0 Å². The molecule has 0 saturated carbocycles. The van der Waals surface area contributed by atoms with E-state index in [2.05, 4.69) is 15.9 Å². The highest BCUT2D eigenvalue weighted by molar-refractivity contribution is 9.10. The van der Waals surface area contributed by atoms with E-state index in [0.717, 1.165) is 10.0 Å². The predicted molar refractivity (Wildman–Crippen MR) is 92.2 cm³/mol. The molecule has 1 fully saturated rings. The highest BCUT2D eigenvalue weighted by Crippen LogP contribution is 2.25. The van der Waals surface area contributed by atoms with E-state index in [4.69, 9.17) is 0 Å². The highest BCUT2D eigenvalue weighted by Gasteiger charge is 2.37. The van der Waals surface area contributed by atoms with Crippen LogP contribution in [0.1, 0.15) is 18.9 Å². The summed E-state index contributed by atoms with van der Waals surface area (Å²) in [4.78, 5) is 36.3. The van der Waals surface area contributed by atoms with Gasteiger partial charge in [0.2, 0.25) is 5.91 Å². The molecule has 2 rings (SSSR count). The number of carboxylic acid groups (broad SMARTS) is 1. The summed E-state index contributed by atoms with van der Waals surface area (Å²) in [5, 5.41) is 9.52. The van der Waals surface area contributed by atoms with Crippen molar-refractivity contribution in [1.29, 1.82) is 0 Å². The third-order valence-electron chi connectivity index (χ3n) is 3.76. The van der Waals surface area contributed by atoms with Crippen LogP contribution in [0.5, 0.6) is 0 Å². The second-order valence-electron chi connectivity index (χ2n) is 5.60. The lowest BCUT2D eigenvalue weighted by atomic mass is 10.0. The zero-order chi connectivity index (χ0) is 17.0. The van der Waals surface area contributed by atoms with Crippen molar-refractivity contribution in [3.05, 3.63) is 34.3 Å². The molecule has 0 radical (unpaired) electrons. The molecule has 5 nitrogen and oxygen atoms in total. The number of carbonyl (C=O) groups excluding carboxylic acids is 2. The number of likely N-dealkylation sites (tertiary alicyclic amines) is 1. The van der Waals surface area contributed by atoms with Gasteiger partial charge in [0, 0.05) is 36.5 Å². The first-order valence-electron chi connectivity index (χ1n) is 7.27. The van der Waals surface area contributed by atoms with Crippen LogP contribution < -0.4 is 0 Å². The van der Waals surface area contributed by atoms with E-state index in [0.29, 0.717) is 18.7 Å². The molecule has 0 aliphatic carbocycles. The summed E-state index contributed by atoms with van der Waals surface area (Å²) in [5.74, 6) is -0.560. The number of hydrogen-bond acceptors (Lipinski definition) is 4. The molecule has 1 amide bonds. The van der Waals surface area contributed by atoms with Gasteiger partial charge in [-0.3, -0.25) is 9.59 Å². The Morgan fingerprint density at radius 1 is 1.39 bits per heavy atom. The number of aliphatic carboxylic acids is 1. The molecule has 0 aromatic heterocycles. The second kappa shape index (κ2) is 7.97. The summed E-state index contributed by atoms with van der Waals surface area (Å²) in [6, 6.07) is 6.54. The molecular weight excluding hydrogens is 382 g/mol. The number of hydrogen-bond donors (Lipinski definition) is 1. The third-order valence-corrected chi connectivity index (χ3v) is 5.34. The summed E-state index contributed by atoms with van der Waals surface area (Å²) >= 11 is 4.53. The van der Waals surface area contributed by atoms with E-state index in [9.17, 15) is 19.5 Å². The van der Waals surface area contributed by atoms with Gasteiger partial charge in [-0.05, 0) is 23.6 Å². The fourth-order valence-corrected chi connectivity index (χ4v) is 3.59. The monoisotopic (exact) mass is 399 g/mol. The van der Waals surface area contributed by atoms with Crippen LogP contribution in [-0.2, 0) is 20.8 Å². The molecule has 0 spiro atoms. The van der Waals surface area contributed by atoms with Gasteiger partial charge >= 0.3 is 5.97 Å². The van der Waals surface area contributed by atoms with Crippen molar-refractivity contribution >= 4 is 44.7 Å². The SMILES string of the molecule is CC(=O)SCC1CC(=O)N([C@@H](Cc2ccc(Br)cc2)C(=O)O)C1. The number of halogens is 1. The topological polar surface area (TPSA) is 74.7 Å². The summed E-state index contributed by atoms with van der Waals surface area (Å²) in [7, 11) is 0. The number of rotatable bonds is 6. The van der Waals surface area contributed by atoms with Crippen LogP contribution in [0.2, 0.25) is 0 Å². The van der Waals surface area contributed by atoms with Gasteiger partial charge in [-0.15, -0.1) is 0 Å².